The van der Waals surface area contributed by atoms with Crippen molar-refractivity contribution in [1.29, 1.82) is 0 Å². The molecular weight excluding hydrogens is 252 g/mol. The van der Waals surface area contributed by atoms with Gasteiger partial charge in [-0.15, -0.1) is 6.58 Å². The van der Waals surface area contributed by atoms with Crippen molar-refractivity contribution in [2.24, 2.45) is 17.3 Å². The molecule has 6 heteroatoms. The van der Waals surface area contributed by atoms with Crippen LogP contribution in [0.25, 0.3) is 0 Å². The molecule has 0 unspecified atom stereocenters. The number of ether oxygens (including phenoxy) is 3. The number of allylic oxidation sites excluding steroid dienone is 1. The molecule has 1 fully saturated rings. The van der Waals surface area contributed by atoms with Crippen LogP contribution >= 0.6 is 0 Å². The predicted octanol–water partition coefficient (Wildman–Crippen LogP) is 0.704. The maximum absolute atomic E-state index is 11.9. The van der Waals surface area contributed by atoms with Gasteiger partial charge in [-0.2, -0.15) is 0 Å². The van der Waals surface area contributed by atoms with E-state index in [4.69, 9.17) is 4.74 Å². The van der Waals surface area contributed by atoms with Gasteiger partial charge < -0.3 is 14.2 Å². The lowest BCUT2D eigenvalue weighted by Gasteiger charge is -2.22. The SMILES string of the molecule is C=C[C@@H]1CC(C(=O)OC)(C(=O)OC)C[C@@H]1C(=O)OC. The highest BCUT2D eigenvalue weighted by Crippen LogP contribution is 2.48. The Balaban J connectivity index is 3.15. The quantitative estimate of drug-likeness (QED) is 0.324. The molecule has 0 amide bonds. The van der Waals surface area contributed by atoms with E-state index < -0.39 is 29.2 Å². The first-order valence-corrected chi connectivity index (χ1v) is 5.84. The second-order valence-corrected chi connectivity index (χ2v) is 4.50. The molecular formula is C13H18O6. The van der Waals surface area contributed by atoms with Gasteiger partial charge in [0.15, 0.2) is 5.41 Å². The molecule has 0 N–H and O–H groups in total. The molecule has 0 spiro atoms. The average Bonchev–Trinajstić information content (AvgIpc) is 2.85. The lowest BCUT2D eigenvalue weighted by Crippen LogP contribution is -2.39. The van der Waals surface area contributed by atoms with Gasteiger partial charge in [-0.05, 0) is 18.8 Å². The van der Waals surface area contributed by atoms with Crippen molar-refractivity contribution in [2.45, 2.75) is 12.8 Å². The summed E-state index contributed by atoms with van der Waals surface area (Å²) in [7, 11) is 3.65. The molecule has 1 rings (SSSR count). The molecule has 0 heterocycles. The minimum atomic E-state index is -1.46. The summed E-state index contributed by atoms with van der Waals surface area (Å²) in [6, 6.07) is 0. The largest absolute Gasteiger partial charge is 0.469 e. The zero-order valence-electron chi connectivity index (χ0n) is 11.3. The van der Waals surface area contributed by atoms with Crippen LogP contribution in [-0.4, -0.2) is 39.2 Å². The van der Waals surface area contributed by atoms with E-state index in [2.05, 4.69) is 16.1 Å². The van der Waals surface area contributed by atoms with Gasteiger partial charge in [-0.25, -0.2) is 0 Å². The number of methoxy groups -OCH3 is 3. The molecule has 1 aliphatic rings. The first-order valence-electron chi connectivity index (χ1n) is 5.84. The molecule has 0 saturated heterocycles. The van der Waals surface area contributed by atoms with Crippen molar-refractivity contribution < 1.29 is 28.6 Å². The number of carbonyl (C=O) groups excluding carboxylic acids is 3. The molecule has 0 aromatic heterocycles. The van der Waals surface area contributed by atoms with E-state index in [1.54, 1.807) is 6.08 Å². The van der Waals surface area contributed by atoms with Crippen molar-refractivity contribution in [3.8, 4) is 0 Å². The topological polar surface area (TPSA) is 78.9 Å². The standard InChI is InChI=1S/C13H18O6/c1-5-8-6-13(11(15)18-3,12(16)19-4)7-9(8)10(14)17-2/h5,8-9H,1,6-7H2,2-4H3/t8-,9+/m1/s1. The fraction of sp³-hybridized carbons (Fsp3) is 0.615. The van der Waals surface area contributed by atoms with E-state index in [1.807, 2.05) is 0 Å². The molecule has 1 aliphatic carbocycles. The number of rotatable bonds is 4. The minimum Gasteiger partial charge on any atom is -0.469 e. The second-order valence-electron chi connectivity index (χ2n) is 4.50. The Bertz CT molecular complexity index is 384. The number of carbonyl (C=O) groups is 3. The van der Waals surface area contributed by atoms with Crippen molar-refractivity contribution in [3.05, 3.63) is 12.7 Å². The first kappa shape index (κ1) is 15.2. The molecule has 19 heavy (non-hydrogen) atoms. The van der Waals surface area contributed by atoms with Crippen LogP contribution in [0, 0.1) is 17.3 Å². The van der Waals surface area contributed by atoms with E-state index in [0.29, 0.717) is 0 Å². The zero-order valence-corrected chi connectivity index (χ0v) is 11.3. The lowest BCUT2D eigenvalue weighted by molar-refractivity contribution is -0.169. The summed E-state index contributed by atoms with van der Waals surface area (Å²) in [5, 5.41) is 0. The highest BCUT2D eigenvalue weighted by Gasteiger charge is 2.58. The molecule has 0 aromatic carbocycles. The Kier molecular flexibility index (Phi) is 4.69. The van der Waals surface area contributed by atoms with Crippen LogP contribution < -0.4 is 0 Å². The van der Waals surface area contributed by atoms with Gasteiger partial charge in [-0.1, -0.05) is 6.08 Å². The summed E-state index contributed by atoms with van der Waals surface area (Å²) in [6.07, 6.45) is 1.69. The van der Waals surface area contributed by atoms with Crippen LogP contribution in [-0.2, 0) is 28.6 Å². The third-order valence-electron chi connectivity index (χ3n) is 3.63. The monoisotopic (exact) mass is 270 g/mol. The van der Waals surface area contributed by atoms with E-state index in [-0.39, 0.29) is 18.8 Å². The minimum absolute atomic E-state index is 0.00963. The predicted molar refractivity (Wildman–Crippen MR) is 64.9 cm³/mol. The highest BCUT2D eigenvalue weighted by atomic mass is 16.5. The lowest BCUT2D eigenvalue weighted by atomic mass is 9.85. The van der Waals surface area contributed by atoms with Crippen LogP contribution in [0.3, 0.4) is 0 Å². The van der Waals surface area contributed by atoms with Crippen molar-refractivity contribution >= 4 is 17.9 Å². The van der Waals surface area contributed by atoms with Gasteiger partial charge in [0.2, 0.25) is 0 Å². The van der Waals surface area contributed by atoms with Gasteiger partial charge in [0.05, 0.1) is 27.2 Å². The van der Waals surface area contributed by atoms with Gasteiger partial charge in [0, 0.05) is 0 Å². The van der Waals surface area contributed by atoms with E-state index >= 15 is 0 Å². The summed E-state index contributed by atoms with van der Waals surface area (Å²) >= 11 is 0. The Morgan fingerprint density at radius 1 is 1.05 bits per heavy atom. The van der Waals surface area contributed by atoms with Gasteiger partial charge in [0.1, 0.15) is 0 Å². The number of esters is 3. The Labute approximate surface area is 111 Å². The second kappa shape index (κ2) is 5.86. The molecule has 6 nitrogen and oxygen atoms in total. The van der Waals surface area contributed by atoms with Gasteiger partial charge in [-0.3, -0.25) is 14.4 Å². The Morgan fingerprint density at radius 3 is 1.95 bits per heavy atom. The smallest absolute Gasteiger partial charge is 0.323 e. The summed E-state index contributed by atoms with van der Waals surface area (Å²) in [5.41, 5.74) is -1.46. The van der Waals surface area contributed by atoms with Crippen molar-refractivity contribution in [2.75, 3.05) is 21.3 Å². The molecule has 2 atom stereocenters. The molecule has 0 radical (unpaired) electrons. The number of hydrogen-bond acceptors (Lipinski definition) is 6. The molecule has 0 aromatic rings. The van der Waals surface area contributed by atoms with Crippen molar-refractivity contribution in [3.63, 3.8) is 0 Å². The van der Waals surface area contributed by atoms with Crippen LogP contribution in [0.15, 0.2) is 12.7 Å². The van der Waals surface area contributed by atoms with E-state index in [9.17, 15) is 14.4 Å². The van der Waals surface area contributed by atoms with Crippen LogP contribution in [0.2, 0.25) is 0 Å². The summed E-state index contributed by atoms with van der Waals surface area (Å²) in [6.45, 7) is 3.63. The van der Waals surface area contributed by atoms with Crippen LogP contribution in [0.4, 0.5) is 0 Å². The van der Waals surface area contributed by atoms with Crippen molar-refractivity contribution in [1.82, 2.24) is 0 Å². The highest BCUT2D eigenvalue weighted by molar-refractivity contribution is 6.01. The molecule has 106 valence electrons. The number of hydrogen-bond donors (Lipinski definition) is 0. The molecule has 0 aliphatic heterocycles. The van der Waals surface area contributed by atoms with Crippen LogP contribution in [0.5, 0.6) is 0 Å². The fourth-order valence-electron chi connectivity index (χ4n) is 2.62. The normalized spacial score (nSPS) is 24.4. The van der Waals surface area contributed by atoms with Gasteiger partial charge in [0.25, 0.3) is 0 Å². The average molecular weight is 270 g/mol. The Hall–Kier alpha value is -1.85. The molecule has 0 bridgehead atoms. The maximum Gasteiger partial charge on any atom is 0.323 e. The zero-order chi connectivity index (χ0) is 14.6. The van der Waals surface area contributed by atoms with E-state index in [1.165, 1.54) is 21.3 Å². The third kappa shape index (κ3) is 2.47. The van der Waals surface area contributed by atoms with E-state index in [0.717, 1.165) is 0 Å². The third-order valence-corrected chi connectivity index (χ3v) is 3.63. The van der Waals surface area contributed by atoms with Gasteiger partial charge >= 0.3 is 17.9 Å². The summed E-state index contributed by atoms with van der Waals surface area (Å²) in [5.74, 6) is -2.79. The molecule has 1 saturated carbocycles. The summed E-state index contributed by atoms with van der Waals surface area (Å²) < 4.78 is 14.1. The Morgan fingerprint density at radius 2 is 1.58 bits per heavy atom. The van der Waals surface area contributed by atoms with Crippen LogP contribution in [0.1, 0.15) is 12.8 Å². The summed E-state index contributed by atoms with van der Waals surface area (Å²) in [4.78, 5) is 35.6. The maximum atomic E-state index is 11.9. The fourth-order valence-corrected chi connectivity index (χ4v) is 2.62. The first-order chi connectivity index (χ1) is 8.96.